The fourth-order valence-electron chi connectivity index (χ4n) is 16.9. The van der Waals surface area contributed by atoms with Gasteiger partial charge < -0.3 is 23.8 Å². The maximum atomic E-state index is 7.60. The zero-order valence-corrected chi connectivity index (χ0v) is 54.6. The number of para-hydroxylation sites is 2. The van der Waals surface area contributed by atoms with Gasteiger partial charge in [-0.15, -0.1) is 0 Å². The minimum absolute atomic E-state index is 0.214. The van der Waals surface area contributed by atoms with Gasteiger partial charge in [-0.05, 0) is 241 Å². The van der Waals surface area contributed by atoms with Crippen molar-refractivity contribution in [3.63, 3.8) is 0 Å². The van der Waals surface area contributed by atoms with Gasteiger partial charge in [0.1, 0.15) is 46.0 Å². The van der Waals surface area contributed by atoms with Crippen LogP contribution >= 0.6 is 11.9 Å². The highest BCUT2D eigenvalue weighted by Gasteiger charge is 2.50. The number of hydrogen-bond acceptors (Lipinski definition) is 7. The van der Waals surface area contributed by atoms with E-state index in [-0.39, 0.29) is 20.1 Å². The molecule has 6 heterocycles. The molecule has 0 atom stereocenters. The van der Waals surface area contributed by atoms with Gasteiger partial charge in [0.15, 0.2) is 0 Å². The molecule has 95 heavy (non-hydrogen) atoms. The highest BCUT2D eigenvalue weighted by atomic mass is 32.2. The number of rotatable bonds is 7. The first kappa shape index (κ1) is 55.8. The van der Waals surface area contributed by atoms with Gasteiger partial charge in [0.2, 0.25) is 0 Å². The third kappa shape index (κ3) is 8.36. The van der Waals surface area contributed by atoms with Crippen molar-refractivity contribution in [2.45, 2.75) is 41.5 Å². The Morgan fingerprint density at radius 1 is 0.284 bits per heavy atom. The van der Waals surface area contributed by atoms with Crippen molar-refractivity contribution in [1.82, 2.24) is 0 Å². The normalized spacial score (nSPS) is 13.5. The van der Waals surface area contributed by atoms with Crippen LogP contribution in [0.3, 0.4) is 0 Å². The molecule has 0 N–H and O–H groups in total. The summed E-state index contributed by atoms with van der Waals surface area (Å²) in [5.74, 6) is 6.54. The maximum Gasteiger partial charge on any atom is 0.260 e. The number of aryl methyl sites for hydroxylation is 6. The molecule has 13 aromatic rings. The average Bonchev–Trinajstić information content (AvgIpc) is 0.695. The fraction of sp³-hybridized carbons (Fsp3) is 0.0824. The second-order valence-electron chi connectivity index (χ2n) is 26.5. The largest absolute Gasteiger partial charge is 0.458 e. The van der Waals surface area contributed by atoms with Gasteiger partial charge in [0, 0.05) is 46.1 Å². The molecule has 0 fully saturated rings. The number of nitrogens with zero attached hydrogens (tertiary/aromatic N) is 2. The minimum atomic E-state index is -0.274. The van der Waals surface area contributed by atoms with Crippen molar-refractivity contribution in [3.05, 3.63) is 276 Å². The Kier molecular flexibility index (Phi) is 12.4. The maximum absolute atomic E-state index is 7.60. The van der Waals surface area contributed by atoms with Crippen molar-refractivity contribution in [1.29, 1.82) is 0 Å². The predicted molar refractivity (Wildman–Crippen MR) is 399 cm³/mol. The van der Waals surface area contributed by atoms with Gasteiger partial charge in [-0.3, -0.25) is 4.31 Å². The van der Waals surface area contributed by atoms with Crippen LogP contribution in [0.25, 0.3) is 55.6 Å². The van der Waals surface area contributed by atoms with Crippen molar-refractivity contribution < 1.29 is 18.9 Å². The third-order valence-corrected chi connectivity index (χ3v) is 21.7. The molecule has 10 heteroatoms. The van der Waals surface area contributed by atoms with E-state index in [4.69, 9.17) is 18.9 Å². The SMILES string of the molecule is CSN1c2cc3c(cc2B2c4cc5c(cc4Oc4cc(-c6c(C)cccc6C)cc1c42)Oc1cc(-c2c(C)cccc2C)cc2c1B5c1ccc(-c4ccccc4)cc1O2)B1c2cccc(-c4ccccc4)c2Oc2cc(-c4c(C)cccc4C)cc(c21)N3c1ccccc1. The second kappa shape index (κ2) is 21.1. The van der Waals surface area contributed by atoms with Crippen LogP contribution in [0.15, 0.2) is 243 Å². The van der Waals surface area contributed by atoms with Gasteiger partial charge in [0.25, 0.3) is 20.1 Å². The third-order valence-electron chi connectivity index (χ3n) is 20.9. The summed E-state index contributed by atoms with van der Waals surface area (Å²) in [6.45, 7) is 12.6. The molecule has 0 spiro atoms. The Morgan fingerprint density at radius 3 is 1.31 bits per heavy atom. The molecule has 0 saturated carbocycles. The molecule has 0 saturated heterocycles. The van der Waals surface area contributed by atoms with Crippen LogP contribution in [0.1, 0.15) is 33.4 Å². The molecular formula is C85H61B3N2O4S. The molecule has 450 valence electrons. The highest BCUT2D eigenvalue weighted by Crippen LogP contribution is 2.50. The summed E-state index contributed by atoms with van der Waals surface area (Å²) >= 11 is 1.74. The number of anilines is 5. The van der Waals surface area contributed by atoms with E-state index in [0.717, 1.165) is 152 Å². The Labute approximate surface area is 559 Å². The van der Waals surface area contributed by atoms with Gasteiger partial charge in [-0.25, -0.2) is 0 Å². The quantitative estimate of drug-likeness (QED) is 0.116. The van der Waals surface area contributed by atoms with E-state index in [0.29, 0.717) is 0 Å². The van der Waals surface area contributed by atoms with E-state index in [9.17, 15) is 0 Å². The zero-order chi connectivity index (χ0) is 63.6. The molecule has 6 aliphatic heterocycles. The van der Waals surface area contributed by atoms with E-state index in [1.54, 1.807) is 11.9 Å². The average molecular weight is 1240 g/mol. The summed E-state index contributed by atoms with van der Waals surface area (Å²) in [5, 5.41) is 0. The van der Waals surface area contributed by atoms with Crippen LogP contribution < -0.4 is 77.3 Å². The van der Waals surface area contributed by atoms with Crippen LogP contribution in [0.5, 0.6) is 46.0 Å². The van der Waals surface area contributed by atoms with Crippen molar-refractivity contribution >= 4 is 110 Å². The number of hydrogen-bond donors (Lipinski definition) is 0. The van der Waals surface area contributed by atoms with Crippen LogP contribution in [-0.2, 0) is 0 Å². The predicted octanol–water partition coefficient (Wildman–Crippen LogP) is 16.4. The van der Waals surface area contributed by atoms with Gasteiger partial charge in [0.05, 0.1) is 5.69 Å². The summed E-state index contributed by atoms with van der Waals surface area (Å²) in [4.78, 5) is 2.52. The lowest BCUT2D eigenvalue weighted by atomic mass is 9.30. The molecule has 0 aromatic heterocycles. The standard InChI is InChI=1S/C85H61B3N2O4S/c1-48-21-17-22-49(2)79(48)57-37-70-82-76(41-57)94-85-61(55-29-13-9-14-30-55)33-20-34-63(85)87(82)64-44-65-69(46-68(64)89(70)60-31-15-10-16-32-60)90(95-7)71-38-58(80-50(3)23-18-24-51(80)4)40-75-83(71)88(65)67-45-66-73(47-74(67)92-75)93-78-43-59(81-52(5)25-19-26-53(81)6)42-77-84(78)86(66)62-36-35-56(39-72(62)91-77)54-27-11-8-12-28-54/h8-47H,1-7H3. The van der Waals surface area contributed by atoms with Crippen LogP contribution in [0, 0.1) is 41.5 Å². The van der Waals surface area contributed by atoms with Crippen LogP contribution in [0.4, 0.5) is 28.4 Å². The first-order chi connectivity index (χ1) is 46.5. The monoisotopic (exact) mass is 1240 g/mol. The number of fused-ring (bicyclic) bond motifs is 12. The summed E-state index contributed by atoms with van der Waals surface area (Å²) in [7, 11) is 0. The smallest absolute Gasteiger partial charge is 0.260 e. The summed E-state index contributed by atoms with van der Waals surface area (Å²) in [6.07, 6.45) is 2.22. The summed E-state index contributed by atoms with van der Waals surface area (Å²) in [6, 6.07) is 89.2. The highest BCUT2D eigenvalue weighted by molar-refractivity contribution is 8.00. The second-order valence-corrected chi connectivity index (χ2v) is 27.2. The van der Waals surface area contributed by atoms with Crippen LogP contribution in [-0.4, -0.2) is 26.4 Å². The summed E-state index contributed by atoms with van der Waals surface area (Å²) < 4.78 is 32.3. The van der Waals surface area contributed by atoms with Crippen molar-refractivity contribution in [2.75, 3.05) is 15.5 Å². The number of benzene rings is 13. The lowest BCUT2D eigenvalue weighted by molar-refractivity contribution is 0.456. The molecule has 6 nitrogen and oxygen atoms in total. The molecule has 0 unspecified atom stereocenters. The van der Waals surface area contributed by atoms with E-state index >= 15 is 0 Å². The minimum Gasteiger partial charge on any atom is -0.458 e. The van der Waals surface area contributed by atoms with Gasteiger partial charge >= 0.3 is 0 Å². The topological polar surface area (TPSA) is 43.4 Å². The number of ether oxygens (including phenoxy) is 4. The Bertz CT molecular complexity index is 5420. The van der Waals surface area contributed by atoms with E-state index in [1.807, 2.05) is 0 Å². The molecule has 0 aliphatic carbocycles. The molecule has 0 amide bonds. The molecule has 6 aliphatic rings. The van der Waals surface area contributed by atoms with Gasteiger partial charge in [-0.2, -0.15) is 0 Å². The van der Waals surface area contributed by atoms with E-state index in [1.165, 1.54) is 61.0 Å². The first-order valence-corrected chi connectivity index (χ1v) is 34.1. The van der Waals surface area contributed by atoms with E-state index in [2.05, 4.69) is 300 Å². The van der Waals surface area contributed by atoms with Crippen molar-refractivity contribution in [2.24, 2.45) is 0 Å². The molecule has 0 radical (unpaired) electrons. The Morgan fingerprint density at radius 2 is 0.726 bits per heavy atom. The van der Waals surface area contributed by atoms with E-state index < -0.39 is 0 Å². The zero-order valence-electron chi connectivity index (χ0n) is 53.8. The Hall–Kier alpha value is -10.8. The van der Waals surface area contributed by atoms with Crippen LogP contribution in [0.2, 0.25) is 0 Å². The first-order valence-electron chi connectivity index (χ1n) is 32.9. The molecule has 19 rings (SSSR count). The van der Waals surface area contributed by atoms with Crippen molar-refractivity contribution in [3.8, 4) is 102 Å². The lowest BCUT2D eigenvalue weighted by Gasteiger charge is -2.44. The Balaban J connectivity index is 0.884. The fourth-order valence-corrected chi connectivity index (χ4v) is 17.6. The molecule has 0 bridgehead atoms. The van der Waals surface area contributed by atoms with Gasteiger partial charge in [-0.1, -0.05) is 176 Å². The lowest BCUT2D eigenvalue weighted by Crippen LogP contribution is -2.64. The molecular weight excluding hydrogens is 1180 g/mol. The summed E-state index contributed by atoms with van der Waals surface area (Å²) in [5.41, 5.74) is 34.1. The molecule has 13 aromatic carbocycles.